The SMILES string of the molecule is CCc1ccnn1CC(=O)c1ccc(OC)c(OC)c1.COc1ccc(-c2cn3nccc3c(=O)[nH]2)cc1OC.O=C=O. The summed E-state index contributed by atoms with van der Waals surface area (Å²) in [5.41, 5.74) is 3.42. The average Bonchev–Trinajstić information content (AvgIpc) is 3.70. The first kappa shape index (κ1) is 31.8. The van der Waals surface area contributed by atoms with Gasteiger partial charge in [0.2, 0.25) is 0 Å². The zero-order chi connectivity index (χ0) is 31.4. The summed E-state index contributed by atoms with van der Waals surface area (Å²) in [6.07, 6.45) is 6.15. The molecular weight excluding hydrogens is 558 g/mol. The van der Waals surface area contributed by atoms with Gasteiger partial charge in [-0.05, 0) is 55.0 Å². The number of H-pyrrole nitrogens is 1. The van der Waals surface area contributed by atoms with Crippen LogP contribution in [0.4, 0.5) is 0 Å². The molecule has 13 heteroatoms. The molecule has 224 valence electrons. The topological polar surface area (TPSA) is 156 Å². The van der Waals surface area contributed by atoms with Crippen LogP contribution in [0.2, 0.25) is 0 Å². The van der Waals surface area contributed by atoms with Gasteiger partial charge in [-0.2, -0.15) is 19.8 Å². The van der Waals surface area contributed by atoms with Gasteiger partial charge >= 0.3 is 6.15 Å². The highest BCUT2D eigenvalue weighted by molar-refractivity contribution is 5.96. The normalized spacial score (nSPS) is 9.98. The van der Waals surface area contributed by atoms with Crippen LogP contribution >= 0.6 is 0 Å². The number of benzene rings is 2. The van der Waals surface area contributed by atoms with E-state index in [1.165, 1.54) is 0 Å². The van der Waals surface area contributed by atoms with E-state index in [0.717, 1.165) is 17.7 Å². The van der Waals surface area contributed by atoms with E-state index in [1.54, 1.807) is 92.6 Å². The van der Waals surface area contributed by atoms with E-state index < -0.39 is 0 Å². The van der Waals surface area contributed by atoms with Crippen LogP contribution in [-0.4, -0.2) is 64.8 Å². The van der Waals surface area contributed by atoms with E-state index in [2.05, 4.69) is 15.2 Å². The summed E-state index contributed by atoms with van der Waals surface area (Å²) in [7, 11) is 6.27. The number of Topliss-reactive ketones (excluding diaryl/α,β-unsaturated/α-hetero) is 1. The molecule has 0 unspecified atom stereocenters. The van der Waals surface area contributed by atoms with E-state index in [0.29, 0.717) is 39.8 Å². The molecule has 0 fully saturated rings. The van der Waals surface area contributed by atoms with Crippen molar-refractivity contribution < 1.29 is 33.3 Å². The Balaban J connectivity index is 0.000000216. The predicted octanol–water partition coefficient (Wildman–Crippen LogP) is 3.47. The minimum Gasteiger partial charge on any atom is -0.493 e. The largest absolute Gasteiger partial charge is 0.493 e. The first-order valence-corrected chi connectivity index (χ1v) is 12.9. The third kappa shape index (κ3) is 7.75. The van der Waals surface area contributed by atoms with Crippen LogP contribution in [-0.2, 0) is 22.6 Å². The predicted molar refractivity (Wildman–Crippen MR) is 155 cm³/mol. The Morgan fingerprint density at radius 2 is 1.44 bits per heavy atom. The van der Waals surface area contributed by atoms with E-state index in [9.17, 15) is 9.59 Å². The molecular formula is C30H31N5O8. The lowest BCUT2D eigenvalue weighted by Gasteiger charge is -2.10. The van der Waals surface area contributed by atoms with Crippen LogP contribution in [0.15, 0.2) is 71.9 Å². The maximum Gasteiger partial charge on any atom is 0.373 e. The fourth-order valence-corrected chi connectivity index (χ4v) is 4.13. The molecule has 5 aromatic rings. The van der Waals surface area contributed by atoms with Gasteiger partial charge in [0.1, 0.15) is 12.1 Å². The molecule has 13 nitrogen and oxygen atoms in total. The van der Waals surface area contributed by atoms with Crippen molar-refractivity contribution in [1.82, 2.24) is 24.4 Å². The highest BCUT2D eigenvalue weighted by Gasteiger charge is 2.13. The molecule has 0 bridgehead atoms. The third-order valence-corrected chi connectivity index (χ3v) is 6.26. The number of hydrogen-bond acceptors (Lipinski definition) is 10. The lowest BCUT2D eigenvalue weighted by molar-refractivity contribution is -0.191. The smallest absolute Gasteiger partial charge is 0.373 e. The Kier molecular flexibility index (Phi) is 11.4. The minimum absolute atomic E-state index is 0.00986. The van der Waals surface area contributed by atoms with E-state index >= 15 is 0 Å². The Hall–Kier alpha value is -5.68. The Bertz CT molecular complexity index is 1770. The maximum absolute atomic E-state index is 12.3. The third-order valence-electron chi connectivity index (χ3n) is 6.26. The minimum atomic E-state index is -0.185. The van der Waals surface area contributed by atoms with Crippen molar-refractivity contribution >= 4 is 17.5 Å². The first-order valence-electron chi connectivity index (χ1n) is 12.9. The Labute approximate surface area is 246 Å². The number of carbonyl (C=O) groups is 1. The van der Waals surface area contributed by atoms with Crippen LogP contribution in [0.3, 0.4) is 0 Å². The fraction of sp³-hybridized carbons (Fsp3) is 0.233. The number of aryl methyl sites for hydroxylation is 1. The quantitative estimate of drug-likeness (QED) is 0.253. The number of hydrogen-bond donors (Lipinski definition) is 1. The van der Waals surface area contributed by atoms with Crippen molar-refractivity contribution in [2.75, 3.05) is 28.4 Å². The lowest BCUT2D eigenvalue weighted by atomic mass is 10.1. The number of methoxy groups -OCH3 is 4. The van der Waals surface area contributed by atoms with Crippen LogP contribution in [0.1, 0.15) is 23.0 Å². The number of fused-ring (bicyclic) bond motifs is 1. The summed E-state index contributed by atoms with van der Waals surface area (Å²) in [5, 5.41) is 8.25. The molecule has 0 saturated carbocycles. The molecule has 2 aromatic carbocycles. The molecule has 0 aliphatic carbocycles. The molecule has 0 aliphatic heterocycles. The summed E-state index contributed by atoms with van der Waals surface area (Å²) in [4.78, 5) is 43.3. The summed E-state index contributed by atoms with van der Waals surface area (Å²) in [5.74, 6) is 2.39. The monoisotopic (exact) mass is 589 g/mol. The zero-order valence-electron chi connectivity index (χ0n) is 24.3. The summed E-state index contributed by atoms with van der Waals surface area (Å²) < 4.78 is 24.1. The maximum atomic E-state index is 12.3. The molecule has 0 atom stereocenters. The molecule has 0 saturated heterocycles. The zero-order valence-corrected chi connectivity index (χ0v) is 24.3. The molecule has 0 amide bonds. The number of carbonyl (C=O) groups excluding carboxylic acids is 3. The Morgan fingerprint density at radius 1 is 0.837 bits per heavy atom. The number of nitrogens with zero attached hydrogens (tertiary/aromatic N) is 4. The van der Waals surface area contributed by atoms with E-state index in [4.69, 9.17) is 28.5 Å². The number of ether oxygens (including phenoxy) is 4. The fourth-order valence-electron chi connectivity index (χ4n) is 4.13. The molecule has 3 aromatic heterocycles. The van der Waals surface area contributed by atoms with Crippen molar-refractivity contribution in [3.63, 3.8) is 0 Å². The van der Waals surface area contributed by atoms with Gasteiger partial charge in [0, 0.05) is 23.0 Å². The van der Waals surface area contributed by atoms with Crippen LogP contribution in [0, 0.1) is 0 Å². The van der Waals surface area contributed by atoms with Gasteiger partial charge in [0.15, 0.2) is 28.8 Å². The second-order valence-corrected chi connectivity index (χ2v) is 8.64. The molecule has 43 heavy (non-hydrogen) atoms. The van der Waals surface area contributed by atoms with Crippen molar-refractivity contribution in [2.45, 2.75) is 19.9 Å². The van der Waals surface area contributed by atoms with Gasteiger partial charge in [-0.15, -0.1) is 0 Å². The van der Waals surface area contributed by atoms with Crippen molar-refractivity contribution in [3.05, 3.63) is 88.7 Å². The highest BCUT2D eigenvalue weighted by atomic mass is 16.5. The average molecular weight is 590 g/mol. The number of aromatic nitrogens is 5. The molecule has 3 heterocycles. The summed E-state index contributed by atoms with van der Waals surface area (Å²) in [6, 6.07) is 14.2. The number of rotatable bonds is 9. The van der Waals surface area contributed by atoms with Gasteiger partial charge in [0.05, 0.1) is 46.5 Å². The second-order valence-electron chi connectivity index (χ2n) is 8.64. The highest BCUT2D eigenvalue weighted by Crippen LogP contribution is 2.31. The van der Waals surface area contributed by atoms with Gasteiger partial charge in [0.25, 0.3) is 5.56 Å². The Morgan fingerprint density at radius 3 is 2.07 bits per heavy atom. The number of nitrogens with one attached hydrogen (secondary N) is 1. The van der Waals surface area contributed by atoms with Crippen LogP contribution < -0.4 is 24.5 Å². The molecule has 0 aliphatic rings. The summed E-state index contributed by atoms with van der Waals surface area (Å²) in [6.45, 7) is 2.26. The molecule has 1 N–H and O–H groups in total. The van der Waals surface area contributed by atoms with Gasteiger partial charge in [-0.25, -0.2) is 4.52 Å². The van der Waals surface area contributed by atoms with Crippen molar-refractivity contribution in [1.29, 1.82) is 0 Å². The molecule has 5 rings (SSSR count). The van der Waals surface area contributed by atoms with Gasteiger partial charge in [-0.3, -0.25) is 14.3 Å². The summed E-state index contributed by atoms with van der Waals surface area (Å²) >= 11 is 0. The van der Waals surface area contributed by atoms with E-state index in [1.807, 2.05) is 19.1 Å². The lowest BCUT2D eigenvalue weighted by Crippen LogP contribution is -2.14. The standard InChI is InChI=1S/C15H18N2O3.C14H13N3O3.CO2/c1-4-12-7-8-16-17(12)10-13(18)11-5-6-14(19-2)15(9-11)20-3;1-19-12-4-3-9(7-13(12)20-2)10-8-17-11(5-6-15-17)14(18)16-10;2-1-3/h5-9H,4,10H2,1-3H3;3-8H,1-2H3,(H,16,18);. The van der Waals surface area contributed by atoms with Crippen molar-refractivity contribution in [3.8, 4) is 34.3 Å². The second kappa shape index (κ2) is 15.4. The van der Waals surface area contributed by atoms with Gasteiger partial charge in [-0.1, -0.05) is 6.92 Å². The van der Waals surface area contributed by atoms with Gasteiger partial charge < -0.3 is 23.9 Å². The number of ketones is 1. The van der Waals surface area contributed by atoms with Crippen LogP contribution in [0.25, 0.3) is 16.8 Å². The molecule has 0 spiro atoms. The molecule has 0 radical (unpaired) electrons. The van der Waals surface area contributed by atoms with E-state index in [-0.39, 0.29) is 24.0 Å². The van der Waals surface area contributed by atoms with Crippen molar-refractivity contribution in [2.24, 2.45) is 0 Å². The number of aromatic amines is 1. The first-order chi connectivity index (χ1) is 20.8. The van der Waals surface area contributed by atoms with Crippen LogP contribution in [0.5, 0.6) is 23.0 Å².